The van der Waals surface area contributed by atoms with Gasteiger partial charge in [0.15, 0.2) is 0 Å². The minimum Gasteiger partial charge on any atom is -0.353 e. The second kappa shape index (κ2) is 4.94. The van der Waals surface area contributed by atoms with Crippen molar-refractivity contribution < 1.29 is 4.79 Å². The van der Waals surface area contributed by atoms with Gasteiger partial charge in [0.25, 0.3) is 0 Å². The Balaban J connectivity index is 1.68. The van der Waals surface area contributed by atoms with Crippen LogP contribution in [0.1, 0.15) is 25.7 Å². The first-order valence-electron chi connectivity index (χ1n) is 5.95. The van der Waals surface area contributed by atoms with E-state index in [1.165, 1.54) is 19.3 Å². The van der Waals surface area contributed by atoms with Gasteiger partial charge in [-0.05, 0) is 26.3 Å². The molecule has 2 rings (SSSR count). The molecule has 15 heavy (non-hydrogen) atoms. The molecule has 1 aliphatic carbocycles. The van der Waals surface area contributed by atoms with Crippen molar-refractivity contribution in [3.63, 3.8) is 0 Å². The van der Waals surface area contributed by atoms with Gasteiger partial charge in [0.1, 0.15) is 0 Å². The Labute approximate surface area is 91.4 Å². The molecule has 1 amide bonds. The van der Waals surface area contributed by atoms with Crippen LogP contribution in [0.15, 0.2) is 0 Å². The number of carbonyl (C=O) groups is 1. The summed E-state index contributed by atoms with van der Waals surface area (Å²) in [6, 6.07) is 0.808. The average Bonchev–Trinajstić information content (AvgIpc) is 2.11. The van der Waals surface area contributed by atoms with Gasteiger partial charge in [0.2, 0.25) is 5.91 Å². The van der Waals surface area contributed by atoms with Crippen LogP contribution in [-0.4, -0.2) is 49.6 Å². The molecule has 86 valence electrons. The highest BCUT2D eigenvalue weighted by atomic mass is 16.1. The maximum absolute atomic E-state index is 11.7. The lowest BCUT2D eigenvalue weighted by Gasteiger charge is -2.32. The summed E-state index contributed by atoms with van der Waals surface area (Å²) in [6.07, 6.45) is 4.24. The lowest BCUT2D eigenvalue weighted by atomic mass is 9.93. The second-order valence-corrected chi connectivity index (χ2v) is 4.81. The monoisotopic (exact) mass is 211 g/mol. The normalized spacial score (nSPS) is 28.5. The van der Waals surface area contributed by atoms with Crippen molar-refractivity contribution in [2.24, 2.45) is 0 Å². The van der Waals surface area contributed by atoms with Crippen LogP contribution in [-0.2, 0) is 4.79 Å². The third kappa shape index (κ3) is 3.18. The van der Waals surface area contributed by atoms with Crippen LogP contribution in [0.2, 0.25) is 0 Å². The predicted octanol–water partition coefficient (Wildman–Crippen LogP) is -0.0512. The highest BCUT2D eigenvalue weighted by Crippen LogP contribution is 2.18. The van der Waals surface area contributed by atoms with Gasteiger partial charge >= 0.3 is 0 Å². The molecule has 0 aromatic carbocycles. The van der Waals surface area contributed by atoms with E-state index < -0.39 is 0 Å². The van der Waals surface area contributed by atoms with Crippen molar-refractivity contribution in [2.45, 2.75) is 37.8 Å². The first kappa shape index (κ1) is 10.9. The number of hydrogen-bond donors (Lipinski definition) is 2. The van der Waals surface area contributed by atoms with Gasteiger partial charge in [0, 0.05) is 38.1 Å². The lowest BCUT2D eigenvalue weighted by molar-refractivity contribution is -0.123. The number of rotatable bonds is 3. The fourth-order valence-electron chi connectivity index (χ4n) is 2.19. The topological polar surface area (TPSA) is 44.4 Å². The molecule has 2 fully saturated rings. The van der Waals surface area contributed by atoms with Crippen LogP contribution in [0, 0.1) is 0 Å². The number of hydrogen-bond acceptors (Lipinski definition) is 3. The summed E-state index contributed by atoms with van der Waals surface area (Å²) in [5.41, 5.74) is 0. The van der Waals surface area contributed by atoms with Crippen LogP contribution < -0.4 is 10.6 Å². The van der Waals surface area contributed by atoms with Crippen LogP contribution in [0.25, 0.3) is 0 Å². The number of carbonyl (C=O) groups excluding carboxylic acids is 1. The molecular weight excluding hydrogens is 190 g/mol. The van der Waals surface area contributed by atoms with E-state index >= 15 is 0 Å². The summed E-state index contributed by atoms with van der Waals surface area (Å²) in [7, 11) is 2.11. The number of amides is 1. The van der Waals surface area contributed by atoms with Crippen LogP contribution in [0.3, 0.4) is 0 Å². The van der Waals surface area contributed by atoms with Gasteiger partial charge in [-0.3, -0.25) is 4.79 Å². The van der Waals surface area contributed by atoms with Gasteiger partial charge in [-0.25, -0.2) is 0 Å². The first-order valence-corrected chi connectivity index (χ1v) is 5.95. The molecule has 0 aromatic heterocycles. The van der Waals surface area contributed by atoms with E-state index in [2.05, 4.69) is 22.6 Å². The molecule has 1 saturated carbocycles. The molecular formula is C11H21N3O. The zero-order valence-corrected chi connectivity index (χ0v) is 9.46. The van der Waals surface area contributed by atoms with Crippen molar-refractivity contribution >= 4 is 5.91 Å². The van der Waals surface area contributed by atoms with Gasteiger partial charge in [-0.15, -0.1) is 0 Å². The summed E-state index contributed by atoms with van der Waals surface area (Å²) >= 11 is 0. The van der Waals surface area contributed by atoms with E-state index in [0.29, 0.717) is 18.5 Å². The van der Waals surface area contributed by atoms with E-state index in [9.17, 15) is 4.79 Å². The van der Waals surface area contributed by atoms with Gasteiger partial charge in [-0.1, -0.05) is 0 Å². The molecule has 0 bridgehead atoms. The fourth-order valence-corrected chi connectivity index (χ4v) is 2.19. The van der Waals surface area contributed by atoms with Gasteiger partial charge in [-0.2, -0.15) is 0 Å². The Hall–Kier alpha value is -0.610. The molecule has 0 spiro atoms. The van der Waals surface area contributed by atoms with Crippen molar-refractivity contribution in [3.8, 4) is 0 Å². The number of likely N-dealkylation sites (N-methyl/N-ethyl adjacent to an activating group) is 1. The minimum atomic E-state index is 0.215. The Morgan fingerprint density at radius 2 is 2.33 bits per heavy atom. The summed E-state index contributed by atoms with van der Waals surface area (Å²) < 4.78 is 0. The molecule has 1 heterocycles. The van der Waals surface area contributed by atoms with Crippen molar-refractivity contribution in [3.05, 3.63) is 0 Å². The minimum absolute atomic E-state index is 0.215. The quantitative estimate of drug-likeness (QED) is 0.688. The van der Waals surface area contributed by atoms with Gasteiger partial charge < -0.3 is 15.5 Å². The lowest BCUT2D eigenvalue weighted by Crippen LogP contribution is -2.51. The maximum atomic E-state index is 11.7. The Morgan fingerprint density at radius 1 is 1.53 bits per heavy atom. The fraction of sp³-hybridized carbons (Fsp3) is 0.909. The molecule has 2 N–H and O–H groups in total. The molecule has 4 heteroatoms. The van der Waals surface area contributed by atoms with Gasteiger partial charge in [0.05, 0.1) is 0 Å². The van der Waals surface area contributed by atoms with E-state index in [4.69, 9.17) is 0 Å². The summed E-state index contributed by atoms with van der Waals surface area (Å²) in [5.74, 6) is 0.215. The second-order valence-electron chi connectivity index (χ2n) is 4.81. The molecule has 2 aliphatic rings. The smallest absolute Gasteiger partial charge is 0.221 e. The Morgan fingerprint density at radius 3 is 2.93 bits per heavy atom. The third-order valence-electron chi connectivity index (χ3n) is 3.36. The predicted molar refractivity (Wildman–Crippen MR) is 59.7 cm³/mol. The SMILES string of the molecule is CN1CCNC(CC(=O)NC2CCC2)C1. The summed E-state index contributed by atoms with van der Waals surface area (Å²) in [6.45, 7) is 3.07. The van der Waals surface area contributed by atoms with E-state index in [-0.39, 0.29) is 5.91 Å². The van der Waals surface area contributed by atoms with Crippen LogP contribution in [0.4, 0.5) is 0 Å². The maximum Gasteiger partial charge on any atom is 0.221 e. The molecule has 1 aliphatic heterocycles. The first-order chi connectivity index (χ1) is 7.24. The summed E-state index contributed by atoms with van der Waals surface area (Å²) in [4.78, 5) is 13.9. The highest BCUT2D eigenvalue weighted by molar-refractivity contribution is 5.77. The van der Waals surface area contributed by atoms with Crippen LogP contribution >= 0.6 is 0 Å². The van der Waals surface area contributed by atoms with Crippen LogP contribution in [0.5, 0.6) is 0 Å². The summed E-state index contributed by atoms with van der Waals surface area (Å²) in [5, 5.41) is 6.47. The molecule has 0 aromatic rings. The highest BCUT2D eigenvalue weighted by Gasteiger charge is 2.23. The number of nitrogens with zero attached hydrogens (tertiary/aromatic N) is 1. The van der Waals surface area contributed by atoms with Crippen molar-refractivity contribution in [1.29, 1.82) is 0 Å². The van der Waals surface area contributed by atoms with E-state index in [0.717, 1.165) is 19.6 Å². The van der Waals surface area contributed by atoms with E-state index in [1.54, 1.807) is 0 Å². The Kier molecular flexibility index (Phi) is 3.59. The number of piperazine rings is 1. The van der Waals surface area contributed by atoms with E-state index in [1.807, 2.05) is 0 Å². The standard InChI is InChI=1S/C11H21N3O/c1-14-6-5-12-10(8-14)7-11(15)13-9-3-2-4-9/h9-10,12H,2-8H2,1H3,(H,13,15). The molecule has 1 saturated heterocycles. The number of nitrogens with one attached hydrogen (secondary N) is 2. The third-order valence-corrected chi connectivity index (χ3v) is 3.36. The zero-order valence-electron chi connectivity index (χ0n) is 9.46. The largest absolute Gasteiger partial charge is 0.353 e. The Bertz CT molecular complexity index is 228. The zero-order chi connectivity index (χ0) is 10.7. The molecule has 1 unspecified atom stereocenters. The molecule has 0 radical (unpaired) electrons. The van der Waals surface area contributed by atoms with Crippen molar-refractivity contribution in [1.82, 2.24) is 15.5 Å². The van der Waals surface area contributed by atoms with Crippen molar-refractivity contribution in [2.75, 3.05) is 26.7 Å². The average molecular weight is 211 g/mol. The molecule has 4 nitrogen and oxygen atoms in total. The molecule has 1 atom stereocenters.